The third-order valence-corrected chi connectivity index (χ3v) is 4.87. The van der Waals surface area contributed by atoms with Crippen LogP contribution in [-0.2, 0) is 24.9 Å². The van der Waals surface area contributed by atoms with Gasteiger partial charge in [0.25, 0.3) is 5.56 Å². The molecule has 0 spiro atoms. The number of carbonyl (C=O) groups is 1. The molecule has 2 aromatic heterocycles. The molecule has 1 N–H and O–H groups in total. The molecular formula is C18H18FN5O4. The van der Waals surface area contributed by atoms with Crippen molar-refractivity contribution in [3.05, 3.63) is 50.9 Å². The third kappa shape index (κ3) is 2.68. The van der Waals surface area contributed by atoms with Gasteiger partial charge in [-0.05, 0) is 30.2 Å². The molecule has 28 heavy (non-hydrogen) atoms. The Bertz CT molecular complexity index is 1210. The third-order valence-electron chi connectivity index (χ3n) is 4.87. The second-order valence-corrected chi connectivity index (χ2v) is 7.01. The molecule has 0 radical (unpaired) electrons. The Balaban J connectivity index is 2.00. The second kappa shape index (κ2) is 6.32. The van der Waals surface area contributed by atoms with Crippen LogP contribution in [0.1, 0.15) is 6.92 Å². The molecule has 1 aromatic carbocycles. The largest absolute Gasteiger partial charge is 0.480 e. The summed E-state index contributed by atoms with van der Waals surface area (Å²) in [6.45, 7) is 2.37. The van der Waals surface area contributed by atoms with Crippen molar-refractivity contribution in [1.82, 2.24) is 18.7 Å². The van der Waals surface area contributed by atoms with Gasteiger partial charge in [0.2, 0.25) is 5.95 Å². The van der Waals surface area contributed by atoms with E-state index >= 15 is 0 Å². The Morgan fingerprint density at radius 3 is 2.57 bits per heavy atom. The Hall–Kier alpha value is -3.43. The van der Waals surface area contributed by atoms with E-state index in [9.17, 15) is 18.8 Å². The number of halogens is 1. The monoisotopic (exact) mass is 387 g/mol. The van der Waals surface area contributed by atoms with E-state index in [0.29, 0.717) is 29.3 Å². The van der Waals surface area contributed by atoms with Crippen LogP contribution in [0.3, 0.4) is 0 Å². The number of aliphatic carboxylic acids is 1. The van der Waals surface area contributed by atoms with E-state index in [0.717, 1.165) is 0 Å². The summed E-state index contributed by atoms with van der Waals surface area (Å²) in [4.78, 5) is 42.8. The standard InChI is InChI=1S/C18H18FN5O4/c1-10-7-22(12-5-3-11(19)4-6-12)17-20-15-14(23(17)8-10)16(27)24(9-13(25)26)18(28)21(15)2/h3-6,10H,7-9H2,1-2H3,(H,25,26)/t10-/m0/s1. The van der Waals surface area contributed by atoms with Crippen LogP contribution < -0.4 is 16.1 Å². The lowest BCUT2D eigenvalue weighted by molar-refractivity contribution is -0.137. The van der Waals surface area contributed by atoms with Gasteiger partial charge in [0.05, 0.1) is 0 Å². The number of hydrogen-bond donors (Lipinski definition) is 1. The summed E-state index contributed by atoms with van der Waals surface area (Å²) in [7, 11) is 1.45. The molecule has 1 atom stereocenters. The lowest BCUT2D eigenvalue weighted by atomic mass is 10.1. The minimum atomic E-state index is -1.28. The summed E-state index contributed by atoms with van der Waals surface area (Å²) in [5, 5.41) is 9.05. The van der Waals surface area contributed by atoms with Crippen molar-refractivity contribution in [3.8, 4) is 0 Å². The molecule has 0 bridgehead atoms. The van der Waals surface area contributed by atoms with Crippen molar-refractivity contribution in [1.29, 1.82) is 0 Å². The summed E-state index contributed by atoms with van der Waals surface area (Å²) in [6, 6.07) is 5.94. The van der Waals surface area contributed by atoms with Gasteiger partial charge in [-0.3, -0.25) is 14.2 Å². The number of fused-ring (bicyclic) bond motifs is 3. The van der Waals surface area contributed by atoms with Crippen molar-refractivity contribution in [2.24, 2.45) is 13.0 Å². The van der Waals surface area contributed by atoms with Gasteiger partial charge in [-0.15, -0.1) is 0 Å². The van der Waals surface area contributed by atoms with Gasteiger partial charge in [0, 0.05) is 25.8 Å². The van der Waals surface area contributed by atoms with E-state index < -0.39 is 23.8 Å². The van der Waals surface area contributed by atoms with Crippen molar-refractivity contribution in [3.63, 3.8) is 0 Å². The molecule has 1 aliphatic rings. The Kier molecular flexibility index (Phi) is 4.06. The summed E-state index contributed by atoms with van der Waals surface area (Å²) < 4.78 is 16.9. The van der Waals surface area contributed by atoms with Crippen LogP contribution in [0.5, 0.6) is 0 Å². The lowest BCUT2D eigenvalue weighted by Crippen LogP contribution is -2.41. The van der Waals surface area contributed by atoms with Crippen molar-refractivity contribution < 1.29 is 14.3 Å². The first-order valence-corrected chi connectivity index (χ1v) is 8.73. The highest BCUT2D eigenvalue weighted by molar-refractivity contribution is 5.77. The molecule has 0 saturated carbocycles. The minimum Gasteiger partial charge on any atom is -0.480 e. The Morgan fingerprint density at radius 2 is 1.93 bits per heavy atom. The number of hydrogen-bond acceptors (Lipinski definition) is 5. The SMILES string of the molecule is C[C@H]1CN(c2ccc(F)cc2)c2nc3c(c(=O)n(CC(=O)O)c(=O)n3C)n2C1. The van der Waals surface area contributed by atoms with Crippen LogP contribution in [0.15, 0.2) is 33.9 Å². The molecule has 3 heterocycles. The van der Waals surface area contributed by atoms with Crippen molar-refractivity contribution in [2.45, 2.75) is 20.0 Å². The molecule has 0 aliphatic carbocycles. The first-order chi connectivity index (χ1) is 13.3. The van der Waals surface area contributed by atoms with Gasteiger partial charge in [-0.25, -0.2) is 13.8 Å². The van der Waals surface area contributed by atoms with Gasteiger partial charge in [-0.2, -0.15) is 4.98 Å². The highest BCUT2D eigenvalue weighted by atomic mass is 19.1. The molecular weight excluding hydrogens is 369 g/mol. The molecule has 9 nitrogen and oxygen atoms in total. The van der Waals surface area contributed by atoms with E-state index in [-0.39, 0.29) is 22.9 Å². The number of benzene rings is 1. The highest BCUT2D eigenvalue weighted by Gasteiger charge is 2.30. The first kappa shape index (κ1) is 18.0. The van der Waals surface area contributed by atoms with Crippen LogP contribution in [0.25, 0.3) is 11.2 Å². The fourth-order valence-corrected chi connectivity index (χ4v) is 3.62. The van der Waals surface area contributed by atoms with Crippen LogP contribution in [0.2, 0.25) is 0 Å². The van der Waals surface area contributed by atoms with E-state index in [1.54, 1.807) is 16.7 Å². The Labute approximate surface area is 157 Å². The molecule has 0 unspecified atom stereocenters. The Morgan fingerprint density at radius 1 is 1.25 bits per heavy atom. The molecule has 0 amide bonds. The van der Waals surface area contributed by atoms with Gasteiger partial charge in [0.1, 0.15) is 12.4 Å². The molecule has 0 fully saturated rings. The lowest BCUT2D eigenvalue weighted by Gasteiger charge is -2.32. The maximum absolute atomic E-state index is 13.3. The molecule has 1 aliphatic heterocycles. The van der Waals surface area contributed by atoms with Crippen LogP contribution in [0.4, 0.5) is 16.0 Å². The highest BCUT2D eigenvalue weighted by Crippen LogP contribution is 2.32. The van der Waals surface area contributed by atoms with Gasteiger partial charge in [0.15, 0.2) is 11.2 Å². The number of nitrogens with zero attached hydrogens (tertiary/aromatic N) is 5. The fourth-order valence-electron chi connectivity index (χ4n) is 3.62. The zero-order valence-electron chi connectivity index (χ0n) is 15.3. The number of rotatable bonds is 3. The summed E-state index contributed by atoms with van der Waals surface area (Å²) in [6.07, 6.45) is 0. The van der Waals surface area contributed by atoms with Crippen LogP contribution in [0, 0.1) is 11.7 Å². The quantitative estimate of drug-likeness (QED) is 0.717. The number of carboxylic acid groups (broad SMARTS) is 1. The number of aromatic nitrogens is 4. The number of anilines is 2. The maximum Gasteiger partial charge on any atom is 0.333 e. The van der Waals surface area contributed by atoms with Crippen molar-refractivity contribution in [2.75, 3.05) is 11.4 Å². The predicted molar refractivity (Wildman–Crippen MR) is 99.4 cm³/mol. The normalized spacial score (nSPS) is 16.4. The van der Waals surface area contributed by atoms with E-state index in [1.165, 1.54) is 23.7 Å². The van der Waals surface area contributed by atoms with Crippen molar-refractivity contribution >= 4 is 28.8 Å². The molecule has 10 heteroatoms. The van der Waals surface area contributed by atoms with Crippen LogP contribution >= 0.6 is 0 Å². The van der Waals surface area contributed by atoms with Gasteiger partial charge < -0.3 is 14.6 Å². The number of imidazole rings is 1. The fraction of sp³-hybridized carbons (Fsp3) is 0.333. The molecule has 0 saturated heterocycles. The zero-order chi connectivity index (χ0) is 20.2. The van der Waals surface area contributed by atoms with E-state index in [2.05, 4.69) is 4.98 Å². The topological polar surface area (TPSA) is 102 Å². The average Bonchev–Trinajstić information content (AvgIpc) is 3.03. The van der Waals surface area contributed by atoms with E-state index in [4.69, 9.17) is 5.11 Å². The molecule has 4 rings (SSSR count). The predicted octanol–water partition coefficient (Wildman–Crippen LogP) is 0.908. The number of carboxylic acids is 1. The second-order valence-electron chi connectivity index (χ2n) is 7.01. The van der Waals surface area contributed by atoms with Gasteiger partial charge in [-0.1, -0.05) is 6.92 Å². The summed E-state index contributed by atoms with van der Waals surface area (Å²) in [5.74, 6) is -1.04. The average molecular weight is 387 g/mol. The number of aryl methyl sites for hydroxylation is 1. The van der Waals surface area contributed by atoms with Crippen LogP contribution in [-0.4, -0.2) is 36.3 Å². The summed E-state index contributed by atoms with van der Waals surface area (Å²) in [5.41, 5.74) is -0.352. The first-order valence-electron chi connectivity index (χ1n) is 8.73. The van der Waals surface area contributed by atoms with Gasteiger partial charge >= 0.3 is 11.7 Å². The van der Waals surface area contributed by atoms with E-state index in [1.807, 2.05) is 11.8 Å². The minimum absolute atomic E-state index is 0.138. The zero-order valence-corrected chi connectivity index (χ0v) is 15.3. The summed E-state index contributed by atoms with van der Waals surface area (Å²) >= 11 is 0. The maximum atomic E-state index is 13.3. The molecule has 3 aromatic rings. The smallest absolute Gasteiger partial charge is 0.333 e. The molecule has 146 valence electrons.